The first-order valence-corrected chi connectivity index (χ1v) is 5.18. The number of carbonyl (C=O) groups excluding carboxylic acids is 1. The summed E-state index contributed by atoms with van der Waals surface area (Å²) in [4.78, 5) is 15.6. The predicted octanol–water partition coefficient (Wildman–Crippen LogP) is 2.37. The van der Waals surface area contributed by atoms with Gasteiger partial charge in [0.1, 0.15) is 5.78 Å². The van der Waals surface area contributed by atoms with Crippen LogP contribution in [0.2, 0.25) is 0 Å². The van der Waals surface area contributed by atoms with Gasteiger partial charge in [-0.05, 0) is 40.9 Å². The van der Waals surface area contributed by atoms with Crippen molar-refractivity contribution in [2.24, 2.45) is 5.92 Å². The van der Waals surface area contributed by atoms with Gasteiger partial charge in [-0.2, -0.15) is 0 Å². The van der Waals surface area contributed by atoms with Gasteiger partial charge in [-0.1, -0.05) is 0 Å². The van der Waals surface area contributed by atoms with Crippen molar-refractivity contribution in [1.82, 2.24) is 4.98 Å². The van der Waals surface area contributed by atoms with Gasteiger partial charge in [0.15, 0.2) is 0 Å². The summed E-state index contributed by atoms with van der Waals surface area (Å²) in [6.45, 7) is 0. The fraction of sp³-hybridized carbons (Fsp3) is 0.400. The lowest BCUT2D eigenvalue weighted by molar-refractivity contribution is -0.119. The zero-order valence-corrected chi connectivity index (χ0v) is 8.75. The summed E-state index contributed by atoms with van der Waals surface area (Å²) in [6.07, 6.45) is 4.39. The lowest BCUT2D eigenvalue weighted by Crippen LogP contribution is -2.05. The second kappa shape index (κ2) is 3.58. The van der Waals surface area contributed by atoms with E-state index in [9.17, 15) is 4.79 Å². The van der Waals surface area contributed by atoms with Gasteiger partial charge in [-0.25, -0.2) is 0 Å². The minimum absolute atomic E-state index is 0.338. The molecule has 13 heavy (non-hydrogen) atoms. The Kier molecular flexibility index (Phi) is 2.44. The summed E-state index contributed by atoms with van der Waals surface area (Å²) >= 11 is 3.31. The van der Waals surface area contributed by atoms with Gasteiger partial charge in [0.25, 0.3) is 0 Å². The van der Waals surface area contributed by atoms with Crippen LogP contribution in [0.1, 0.15) is 18.5 Å². The maximum Gasteiger partial charge on any atom is 0.141 e. The summed E-state index contributed by atoms with van der Waals surface area (Å²) < 4.78 is 0.954. The molecular weight excluding hydrogens is 230 g/mol. The van der Waals surface area contributed by atoms with E-state index < -0.39 is 0 Å². The van der Waals surface area contributed by atoms with Crippen LogP contribution in [0.25, 0.3) is 0 Å². The van der Waals surface area contributed by atoms with E-state index in [0.29, 0.717) is 18.1 Å². The average Bonchev–Trinajstić information content (AvgIpc) is 2.91. The fourth-order valence-electron chi connectivity index (χ4n) is 1.24. The monoisotopic (exact) mass is 239 g/mol. The normalized spacial score (nSPS) is 15.8. The molecule has 0 unspecified atom stereocenters. The molecule has 1 aromatic rings. The largest absolute Gasteiger partial charge is 0.299 e. The van der Waals surface area contributed by atoms with Crippen LogP contribution in [0.5, 0.6) is 0 Å². The quantitative estimate of drug-likeness (QED) is 0.811. The van der Waals surface area contributed by atoms with Crippen LogP contribution < -0.4 is 0 Å². The van der Waals surface area contributed by atoms with Crippen molar-refractivity contribution in [2.45, 2.75) is 19.3 Å². The van der Waals surface area contributed by atoms with Crippen molar-refractivity contribution in [3.8, 4) is 0 Å². The number of rotatable bonds is 3. The van der Waals surface area contributed by atoms with Crippen LogP contribution in [0, 0.1) is 5.92 Å². The number of carbonyl (C=O) groups is 1. The number of nitrogens with zero attached hydrogens (tertiary/aromatic N) is 1. The molecule has 0 N–H and O–H groups in total. The highest BCUT2D eigenvalue weighted by Gasteiger charge is 2.29. The zero-order valence-electron chi connectivity index (χ0n) is 7.16. The third kappa shape index (κ3) is 2.37. The Morgan fingerprint density at radius 2 is 2.31 bits per heavy atom. The van der Waals surface area contributed by atoms with Crippen molar-refractivity contribution in [1.29, 1.82) is 0 Å². The van der Waals surface area contributed by atoms with E-state index in [1.54, 1.807) is 6.20 Å². The fourth-order valence-corrected chi connectivity index (χ4v) is 1.47. The number of ketones is 1. The Hall–Kier alpha value is -0.700. The first-order valence-electron chi connectivity index (χ1n) is 4.39. The lowest BCUT2D eigenvalue weighted by Gasteiger charge is -1.98. The van der Waals surface area contributed by atoms with Gasteiger partial charge < -0.3 is 0 Å². The molecule has 1 aliphatic carbocycles. The third-order valence-corrected chi connectivity index (χ3v) is 2.65. The third-order valence-electron chi connectivity index (χ3n) is 2.18. The first-order chi connectivity index (χ1) is 6.25. The lowest BCUT2D eigenvalue weighted by atomic mass is 10.1. The molecule has 1 aromatic heterocycles. The summed E-state index contributed by atoms with van der Waals surface area (Å²) in [5.41, 5.74) is 0.875. The Morgan fingerprint density at radius 1 is 1.54 bits per heavy atom. The predicted molar refractivity (Wildman–Crippen MR) is 53.4 cm³/mol. The molecule has 0 bridgehead atoms. The Balaban J connectivity index is 2.00. The van der Waals surface area contributed by atoms with Crippen molar-refractivity contribution in [3.63, 3.8) is 0 Å². The Morgan fingerprint density at radius 3 is 2.85 bits per heavy atom. The van der Waals surface area contributed by atoms with Gasteiger partial charge in [-0.15, -0.1) is 0 Å². The van der Waals surface area contributed by atoms with Crippen LogP contribution in [0.15, 0.2) is 22.8 Å². The van der Waals surface area contributed by atoms with Crippen LogP contribution in [0.3, 0.4) is 0 Å². The van der Waals surface area contributed by atoms with Crippen LogP contribution in [-0.4, -0.2) is 10.8 Å². The minimum Gasteiger partial charge on any atom is -0.299 e. The highest BCUT2D eigenvalue weighted by Crippen LogP contribution is 2.30. The molecule has 0 aliphatic heterocycles. The van der Waals surface area contributed by atoms with E-state index in [0.717, 1.165) is 23.0 Å². The summed E-state index contributed by atoms with van der Waals surface area (Å²) in [5, 5.41) is 0. The number of pyridine rings is 1. The van der Waals surface area contributed by atoms with E-state index in [2.05, 4.69) is 20.9 Å². The molecule has 2 nitrogen and oxygen atoms in total. The molecule has 0 spiro atoms. The molecule has 0 radical (unpaired) electrons. The second-order valence-electron chi connectivity index (χ2n) is 3.39. The van der Waals surface area contributed by atoms with Crippen LogP contribution >= 0.6 is 15.9 Å². The highest BCUT2D eigenvalue weighted by molar-refractivity contribution is 9.10. The van der Waals surface area contributed by atoms with Gasteiger partial charge >= 0.3 is 0 Å². The Bertz CT molecular complexity index is 316. The van der Waals surface area contributed by atoms with Crippen LogP contribution in [0.4, 0.5) is 0 Å². The summed E-state index contributed by atoms with van der Waals surface area (Å²) in [5.74, 6) is 0.681. The summed E-state index contributed by atoms with van der Waals surface area (Å²) in [7, 11) is 0. The standard InChI is InChI=1S/C10H10BrNO/c11-8-3-4-9(12-6-8)5-10(13)7-1-2-7/h3-4,6-7H,1-2,5H2. The van der Waals surface area contributed by atoms with E-state index in [-0.39, 0.29) is 0 Å². The molecule has 0 amide bonds. The van der Waals surface area contributed by atoms with Crippen molar-refractivity contribution >= 4 is 21.7 Å². The number of hydrogen-bond donors (Lipinski definition) is 0. The SMILES string of the molecule is O=C(Cc1ccc(Br)cn1)C1CC1. The molecule has 1 aliphatic rings. The van der Waals surface area contributed by atoms with Gasteiger partial charge in [-0.3, -0.25) is 9.78 Å². The Labute approximate surface area is 85.5 Å². The van der Waals surface area contributed by atoms with E-state index in [1.165, 1.54) is 0 Å². The molecule has 3 heteroatoms. The zero-order chi connectivity index (χ0) is 9.26. The second-order valence-corrected chi connectivity index (χ2v) is 4.30. The molecule has 0 aromatic carbocycles. The maximum atomic E-state index is 11.4. The molecule has 2 rings (SSSR count). The molecule has 1 heterocycles. The number of Topliss-reactive ketones (excluding diaryl/α,β-unsaturated/α-hetero) is 1. The molecule has 1 saturated carbocycles. The van der Waals surface area contributed by atoms with Gasteiger partial charge in [0, 0.05) is 28.7 Å². The minimum atomic E-state index is 0.338. The number of hydrogen-bond acceptors (Lipinski definition) is 2. The maximum absolute atomic E-state index is 11.4. The van der Waals surface area contributed by atoms with Crippen molar-refractivity contribution in [2.75, 3.05) is 0 Å². The molecular formula is C10H10BrNO. The number of aromatic nitrogens is 1. The molecule has 0 saturated heterocycles. The molecule has 0 atom stereocenters. The van der Waals surface area contributed by atoms with Gasteiger partial charge in [0.05, 0.1) is 0 Å². The smallest absolute Gasteiger partial charge is 0.141 e. The van der Waals surface area contributed by atoms with E-state index >= 15 is 0 Å². The van der Waals surface area contributed by atoms with Gasteiger partial charge in [0.2, 0.25) is 0 Å². The average molecular weight is 240 g/mol. The van der Waals surface area contributed by atoms with Crippen molar-refractivity contribution in [3.05, 3.63) is 28.5 Å². The summed E-state index contributed by atoms with van der Waals surface area (Å²) in [6, 6.07) is 3.81. The van der Waals surface area contributed by atoms with Crippen LogP contribution in [-0.2, 0) is 11.2 Å². The molecule has 68 valence electrons. The topological polar surface area (TPSA) is 30.0 Å². The van der Waals surface area contributed by atoms with Crippen molar-refractivity contribution < 1.29 is 4.79 Å². The highest BCUT2D eigenvalue weighted by atomic mass is 79.9. The van der Waals surface area contributed by atoms with E-state index in [4.69, 9.17) is 0 Å². The first kappa shape index (κ1) is 8.88. The van der Waals surface area contributed by atoms with E-state index in [1.807, 2.05) is 12.1 Å². The number of halogens is 1. The molecule has 1 fully saturated rings.